The zero-order valence-electron chi connectivity index (χ0n) is 14.8. The topological polar surface area (TPSA) is 123 Å². The van der Waals surface area contributed by atoms with E-state index in [2.05, 4.69) is 16.2 Å². The molecule has 0 aliphatic heterocycles. The van der Waals surface area contributed by atoms with Crippen molar-refractivity contribution in [3.63, 3.8) is 0 Å². The van der Waals surface area contributed by atoms with E-state index in [-0.39, 0.29) is 17.4 Å². The van der Waals surface area contributed by atoms with Crippen LogP contribution in [0.1, 0.15) is 5.56 Å². The van der Waals surface area contributed by atoms with Gasteiger partial charge in [-0.1, -0.05) is 11.6 Å². The SMILES string of the molecule is O=C(/C=C/c1ccc([N+](=O)[O-])cc1)NC(=S)NNC(=O)COc1ccc(Cl)cc1. The van der Waals surface area contributed by atoms with Crippen LogP contribution in [0.3, 0.4) is 0 Å². The minimum atomic E-state index is -0.549. The number of halogens is 1. The van der Waals surface area contributed by atoms with Crippen molar-refractivity contribution in [2.75, 3.05) is 6.61 Å². The maximum atomic E-state index is 11.8. The van der Waals surface area contributed by atoms with Crippen LogP contribution in [0.15, 0.2) is 54.6 Å². The predicted octanol–water partition coefficient (Wildman–Crippen LogP) is 2.36. The summed E-state index contributed by atoms with van der Waals surface area (Å²) in [5.41, 5.74) is 5.19. The lowest BCUT2D eigenvalue weighted by Crippen LogP contribution is -2.49. The fourth-order valence-electron chi connectivity index (χ4n) is 1.91. The van der Waals surface area contributed by atoms with Crippen molar-refractivity contribution in [2.24, 2.45) is 0 Å². The number of hydrogen-bond acceptors (Lipinski definition) is 6. The first-order valence-electron chi connectivity index (χ1n) is 8.04. The van der Waals surface area contributed by atoms with Crippen LogP contribution in [0, 0.1) is 10.1 Å². The first-order chi connectivity index (χ1) is 13.8. The van der Waals surface area contributed by atoms with Crippen LogP contribution in [-0.4, -0.2) is 28.5 Å². The Morgan fingerprint density at radius 3 is 2.38 bits per heavy atom. The van der Waals surface area contributed by atoms with Crippen molar-refractivity contribution < 1.29 is 19.2 Å². The summed E-state index contributed by atoms with van der Waals surface area (Å²) in [5.74, 6) is -0.595. The maximum absolute atomic E-state index is 11.8. The Bertz CT molecular complexity index is 932. The Kier molecular flexibility index (Phi) is 8.07. The number of carbonyl (C=O) groups is 2. The third-order valence-electron chi connectivity index (χ3n) is 3.27. The van der Waals surface area contributed by atoms with Gasteiger partial charge in [0.05, 0.1) is 4.92 Å². The maximum Gasteiger partial charge on any atom is 0.276 e. The molecule has 2 aromatic rings. The molecule has 0 aliphatic rings. The van der Waals surface area contributed by atoms with E-state index in [9.17, 15) is 19.7 Å². The number of hydrogen-bond donors (Lipinski definition) is 3. The first-order valence-corrected chi connectivity index (χ1v) is 8.83. The summed E-state index contributed by atoms with van der Waals surface area (Å²) in [6.45, 7) is -0.273. The number of amides is 2. The molecule has 0 aliphatic carbocycles. The van der Waals surface area contributed by atoms with Gasteiger partial charge in [-0.3, -0.25) is 35.9 Å². The van der Waals surface area contributed by atoms with E-state index in [0.717, 1.165) is 0 Å². The first kappa shape index (κ1) is 21.8. The molecule has 29 heavy (non-hydrogen) atoms. The van der Waals surface area contributed by atoms with Crippen molar-refractivity contribution in [3.8, 4) is 5.75 Å². The molecule has 150 valence electrons. The van der Waals surface area contributed by atoms with Gasteiger partial charge in [-0.2, -0.15) is 0 Å². The van der Waals surface area contributed by atoms with Gasteiger partial charge in [-0.15, -0.1) is 0 Å². The second kappa shape index (κ2) is 10.7. The van der Waals surface area contributed by atoms with E-state index in [1.807, 2.05) is 0 Å². The van der Waals surface area contributed by atoms with Gasteiger partial charge in [-0.05, 0) is 60.3 Å². The highest BCUT2D eigenvalue weighted by molar-refractivity contribution is 7.80. The summed E-state index contributed by atoms with van der Waals surface area (Å²) < 4.78 is 5.25. The number of non-ortho nitro benzene ring substituents is 1. The predicted molar refractivity (Wildman–Crippen MR) is 111 cm³/mol. The van der Waals surface area contributed by atoms with Gasteiger partial charge in [0.1, 0.15) is 5.75 Å². The molecule has 0 bridgehead atoms. The van der Waals surface area contributed by atoms with Crippen molar-refractivity contribution >= 4 is 52.5 Å². The average molecular weight is 435 g/mol. The van der Waals surface area contributed by atoms with Crippen LogP contribution >= 0.6 is 23.8 Å². The fraction of sp³-hybridized carbons (Fsp3) is 0.0556. The Balaban J connectivity index is 1.70. The van der Waals surface area contributed by atoms with E-state index in [0.29, 0.717) is 16.3 Å². The van der Waals surface area contributed by atoms with E-state index in [1.54, 1.807) is 24.3 Å². The molecule has 2 amide bonds. The number of nitrogens with zero attached hydrogens (tertiary/aromatic N) is 1. The summed E-state index contributed by atoms with van der Waals surface area (Å²) in [7, 11) is 0. The molecule has 0 atom stereocenters. The lowest BCUT2D eigenvalue weighted by molar-refractivity contribution is -0.384. The molecule has 0 radical (unpaired) electrons. The second-order valence-corrected chi connectivity index (χ2v) is 6.26. The largest absolute Gasteiger partial charge is 0.484 e. The third kappa shape index (κ3) is 7.95. The number of nitrogens with one attached hydrogen (secondary N) is 3. The fourth-order valence-corrected chi connectivity index (χ4v) is 2.18. The number of benzene rings is 2. The van der Waals surface area contributed by atoms with Crippen molar-refractivity contribution in [1.29, 1.82) is 0 Å². The molecular weight excluding hydrogens is 420 g/mol. The van der Waals surface area contributed by atoms with Gasteiger partial charge in [0.15, 0.2) is 11.7 Å². The number of nitro benzene ring substituents is 1. The van der Waals surface area contributed by atoms with Gasteiger partial charge >= 0.3 is 0 Å². The minimum absolute atomic E-state index is 0.0484. The molecule has 9 nitrogen and oxygen atoms in total. The summed E-state index contributed by atoms with van der Waals surface area (Å²) >= 11 is 10.6. The number of hydrazine groups is 1. The zero-order valence-corrected chi connectivity index (χ0v) is 16.3. The zero-order chi connectivity index (χ0) is 21.2. The highest BCUT2D eigenvalue weighted by Crippen LogP contribution is 2.15. The highest BCUT2D eigenvalue weighted by Gasteiger charge is 2.06. The monoisotopic (exact) mass is 434 g/mol. The van der Waals surface area contributed by atoms with Crippen LogP contribution in [-0.2, 0) is 9.59 Å². The van der Waals surface area contributed by atoms with Gasteiger partial charge in [0, 0.05) is 23.2 Å². The van der Waals surface area contributed by atoms with Crippen molar-refractivity contribution in [2.45, 2.75) is 0 Å². The molecule has 0 saturated heterocycles. The molecule has 0 heterocycles. The van der Waals surface area contributed by atoms with Crippen LogP contribution < -0.4 is 20.9 Å². The standard InChI is InChI=1S/C18H15ClN4O5S/c19-13-4-8-15(9-5-13)28-11-17(25)21-22-18(29)20-16(24)10-3-12-1-6-14(7-2-12)23(26)27/h1-10H,11H2,(H,21,25)(H2,20,22,24,29)/b10-3+. The molecule has 0 unspecified atom stereocenters. The smallest absolute Gasteiger partial charge is 0.276 e. The molecule has 0 saturated carbocycles. The number of carbonyl (C=O) groups excluding carboxylic acids is 2. The number of ether oxygens (including phenoxy) is 1. The van der Waals surface area contributed by atoms with Crippen LogP contribution in [0.25, 0.3) is 6.08 Å². The van der Waals surface area contributed by atoms with Gasteiger partial charge in [-0.25, -0.2) is 0 Å². The minimum Gasteiger partial charge on any atom is -0.484 e. The van der Waals surface area contributed by atoms with Crippen molar-refractivity contribution in [3.05, 3.63) is 75.3 Å². The summed E-state index contributed by atoms with van der Waals surface area (Å²) in [5, 5.41) is 13.4. The molecule has 0 spiro atoms. The molecule has 0 fully saturated rings. The third-order valence-corrected chi connectivity index (χ3v) is 3.72. The normalized spacial score (nSPS) is 10.2. The van der Waals surface area contributed by atoms with Gasteiger partial charge < -0.3 is 4.74 Å². The average Bonchev–Trinajstić information content (AvgIpc) is 2.70. The molecule has 2 aromatic carbocycles. The number of nitro groups is 1. The lowest BCUT2D eigenvalue weighted by Gasteiger charge is -2.10. The van der Waals surface area contributed by atoms with Gasteiger partial charge in [0.2, 0.25) is 5.91 Å². The molecule has 2 rings (SSSR count). The lowest BCUT2D eigenvalue weighted by atomic mass is 10.2. The van der Waals surface area contributed by atoms with Crippen molar-refractivity contribution in [1.82, 2.24) is 16.2 Å². The Morgan fingerprint density at radius 2 is 1.76 bits per heavy atom. The van der Waals surface area contributed by atoms with Crippen LogP contribution in [0.4, 0.5) is 5.69 Å². The van der Waals surface area contributed by atoms with E-state index >= 15 is 0 Å². The van der Waals surface area contributed by atoms with Crippen LogP contribution in [0.5, 0.6) is 5.75 Å². The highest BCUT2D eigenvalue weighted by atomic mass is 35.5. The molecule has 3 N–H and O–H groups in total. The van der Waals surface area contributed by atoms with E-state index in [4.69, 9.17) is 28.6 Å². The molecule has 0 aromatic heterocycles. The Morgan fingerprint density at radius 1 is 1.10 bits per heavy atom. The summed E-state index contributed by atoms with van der Waals surface area (Å²) in [6, 6.07) is 12.1. The summed E-state index contributed by atoms with van der Waals surface area (Å²) in [6.07, 6.45) is 2.65. The van der Waals surface area contributed by atoms with E-state index in [1.165, 1.54) is 36.4 Å². The van der Waals surface area contributed by atoms with Gasteiger partial charge in [0.25, 0.3) is 11.6 Å². The summed E-state index contributed by atoms with van der Waals surface area (Å²) in [4.78, 5) is 33.6. The number of rotatable bonds is 6. The Hall–Kier alpha value is -3.50. The quantitative estimate of drug-likeness (QED) is 0.276. The second-order valence-electron chi connectivity index (χ2n) is 5.42. The molecular formula is C18H15ClN4O5S. The van der Waals surface area contributed by atoms with Crippen LogP contribution in [0.2, 0.25) is 5.02 Å². The molecule has 11 heteroatoms. The van der Waals surface area contributed by atoms with E-state index < -0.39 is 16.7 Å². The number of thiocarbonyl (C=S) groups is 1. The Labute approximate surface area is 175 Å².